The largest absolute Gasteiger partial charge is 0.384 e. The van der Waals surface area contributed by atoms with Crippen molar-refractivity contribution in [3.05, 3.63) is 83.6 Å². The van der Waals surface area contributed by atoms with Crippen molar-refractivity contribution in [2.45, 2.75) is 19.4 Å². The molecule has 3 rings (SSSR count). The lowest BCUT2D eigenvalue weighted by atomic mass is 9.99. The molecule has 0 radical (unpaired) electrons. The van der Waals surface area contributed by atoms with E-state index >= 15 is 0 Å². The molecule has 2 aromatic carbocycles. The van der Waals surface area contributed by atoms with E-state index in [2.05, 4.69) is 53.6 Å². The third-order valence-electron chi connectivity index (χ3n) is 3.64. The Balaban J connectivity index is 2.01. The average Bonchev–Trinajstić information content (AvgIpc) is 2.85. The Morgan fingerprint density at radius 1 is 1.00 bits per heavy atom. The summed E-state index contributed by atoms with van der Waals surface area (Å²) in [6, 6.07) is 22.9. The molecule has 21 heavy (non-hydrogen) atoms. The molecule has 1 aromatic heterocycles. The number of aryl methyl sites for hydroxylation is 1. The number of hydrogen-bond acceptors (Lipinski definition) is 2. The standard InChI is InChI=1S/C18H19N3/c1-14-12-18(19)21(20-14)17(16-10-6-3-7-11-16)13-15-8-4-2-5-9-15/h2-12,17H,13,19H2,1H3. The molecule has 3 heteroatoms. The summed E-state index contributed by atoms with van der Waals surface area (Å²) in [5.74, 6) is 0.706. The zero-order valence-corrected chi connectivity index (χ0v) is 12.1. The first-order valence-corrected chi connectivity index (χ1v) is 7.14. The number of nitrogen functional groups attached to an aromatic ring is 1. The zero-order valence-electron chi connectivity index (χ0n) is 12.1. The fourth-order valence-electron chi connectivity index (χ4n) is 2.64. The van der Waals surface area contributed by atoms with Crippen LogP contribution < -0.4 is 5.73 Å². The summed E-state index contributed by atoms with van der Waals surface area (Å²) in [6.45, 7) is 1.97. The molecule has 1 unspecified atom stereocenters. The Kier molecular flexibility index (Phi) is 3.73. The van der Waals surface area contributed by atoms with E-state index in [0.29, 0.717) is 5.82 Å². The first kappa shape index (κ1) is 13.4. The second-order valence-corrected chi connectivity index (χ2v) is 5.27. The van der Waals surface area contributed by atoms with E-state index in [1.807, 2.05) is 29.8 Å². The van der Waals surface area contributed by atoms with Crippen LogP contribution in [0.5, 0.6) is 0 Å². The van der Waals surface area contributed by atoms with Gasteiger partial charge in [0.1, 0.15) is 5.82 Å². The average molecular weight is 277 g/mol. The maximum atomic E-state index is 6.13. The minimum Gasteiger partial charge on any atom is -0.384 e. The third kappa shape index (κ3) is 2.97. The van der Waals surface area contributed by atoms with Crippen LogP contribution in [-0.4, -0.2) is 9.78 Å². The molecule has 0 amide bonds. The van der Waals surface area contributed by atoms with Gasteiger partial charge in [-0.2, -0.15) is 5.10 Å². The molecule has 0 aliphatic rings. The van der Waals surface area contributed by atoms with Gasteiger partial charge in [-0.15, -0.1) is 0 Å². The molecule has 0 aliphatic carbocycles. The third-order valence-corrected chi connectivity index (χ3v) is 3.64. The SMILES string of the molecule is Cc1cc(N)n(C(Cc2ccccc2)c2ccccc2)n1. The molecular weight excluding hydrogens is 258 g/mol. The summed E-state index contributed by atoms with van der Waals surface area (Å²) >= 11 is 0. The second-order valence-electron chi connectivity index (χ2n) is 5.27. The van der Waals surface area contributed by atoms with Crippen molar-refractivity contribution in [1.29, 1.82) is 0 Å². The zero-order chi connectivity index (χ0) is 14.7. The summed E-state index contributed by atoms with van der Waals surface area (Å²) in [6.07, 6.45) is 0.871. The Labute approximate surface area is 125 Å². The molecule has 2 N–H and O–H groups in total. The number of aromatic nitrogens is 2. The van der Waals surface area contributed by atoms with Crippen molar-refractivity contribution in [3.8, 4) is 0 Å². The lowest BCUT2D eigenvalue weighted by Crippen LogP contribution is -2.17. The highest BCUT2D eigenvalue weighted by Gasteiger charge is 2.17. The number of nitrogens with zero attached hydrogens (tertiary/aromatic N) is 2. The second kappa shape index (κ2) is 5.83. The fraction of sp³-hybridized carbons (Fsp3) is 0.167. The van der Waals surface area contributed by atoms with Gasteiger partial charge in [0.25, 0.3) is 0 Å². The van der Waals surface area contributed by atoms with Crippen LogP contribution in [0.15, 0.2) is 66.7 Å². The van der Waals surface area contributed by atoms with Crippen molar-refractivity contribution in [1.82, 2.24) is 9.78 Å². The molecular formula is C18H19N3. The highest BCUT2D eigenvalue weighted by atomic mass is 15.3. The maximum absolute atomic E-state index is 6.13. The first-order chi connectivity index (χ1) is 10.2. The lowest BCUT2D eigenvalue weighted by molar-refractivity contribution is 0.525. The minimum atomic E-state index is 0.113. The van der Waals surface area contributed by atoms with Crippen LogP contribution >= 0.6 is 0 Å². The lowest BCUT2D eigenvalue weighted by Gasteiger charge is -2.19. The number of benzene rings is 2. The smallest absolute Gasteiger partial charge is 0.122 e. The number of rotatable bonds is 4. The molecule has 0 spiro atoms. The first-order valence-electron chi connectivity index (χ1n) is 7.14. The fourth-order valence-corrected chi connectivity index (χ4v) is 2.64. The van der Waals surface area contributed by atoms with Crippen molar-refractivity contribution in [3.63, 3.8) is 0 Å². The number of nitrogens with two attached hydrogens (primary N) is 1. The van der Waals surface area contributed by atoms with Gasteiger partial charge in [0.15, 0.2) is 0 Å². The maximum Gasteiger partial charge on any atom is 0.122 e. The molecule has 106 valence electrons. The van der Waals surface area contributed by atoms with Gasteiger partial charge >= 0.3 is 0 Å². The Morgan fingerprint density at radius 2 is 1.62 bits per heavy atom. The van der Waals surface area contributed by atoms with E-state index in [9.17, 15) is 0 Å². The van der Waals surface area contributed by atoms with Crippen LogP contribution in [0.1, 0.15) is 22.9 Å². The molecule has 3 nitrogen and oxygen atoms in total. The Bertz CT molecular complexity index is 702. The van der Waals surface area contributed by atoms with Gasteiger partial charge < -0.3 is 5.73 Å². The van der Waals surface area contributed by atoms with Gasteiger partial charge in [0, 0.05) is 6.07 Å². The van der Waals surface area contributed by atoms with Crippen molar-refractivity contribution >= 4 is 5.82 Å². The van der Waals surface area contributed by atoms with E-state index in [0.717, 1.165) is 12.1 Å². The van der Waals surface area contributed by atoms with E-state index in [1.54, 1.807) is 0 Å². The topological polar surface area (TPSA) is 43.8 Å². The monoisotopic (exact) mass is 277 g/mol. The Hall–Kier alpha value is -2.55. The van der Waals surface area contributed by atoms with Crippen LogP contribution in [0.25, 0.3) is 0 Å². The summed E-state index contributed by atoms with van der Waals surface area (Å²) < 4.78 is 1.93. The van der Waals surface area contributed by atoms with Gasteiger partial charge in [-0.1, -0.05) is 60.7 Å². The predicted molar refractivity (Wildman–Crippen MR) is 86.1 cm³/mol. The van der Waals surface area contributed by atoms with E-state index in [1.165, 1.54) is 11.1 Å². The number of hydrogen-bond donors (Lipinski definition) is 1. The van der Waals surface area contributed by atoms with Crippen LogP contribution in [0, 0.1) is 6.92 Å². The normalized spacial score (nSPS) is 12.2. The summed E-state index contributed by atoms with van der Waals surface area (Å²) in [7, 11) is 0. The van der Waals surface area contributed by atoms with E-state index in [4.69, 9.17) is 5.73 Å². The van der Waals surface area contributed by atoms with Gasteiger partial charge in [-0.05, 0) is 24.5 Å². The minimum absolute atomic E-state index is 0.113. The van der Waals surface area contributed by atoms with E-state index in [-0.39, 0.29) is 6.04 Å². The molecule has 0 aliphatic heterocycles. The van der Waals surface area contributed by atoms with Crippen LogP contribution in [0.3, 0.4) is 0 Å². The summed E-state index contributed by atoms with van der Waals surface area (Å²) in [5, 5.41) is 4.57. The summed E-state index contributed by atoms with van der Waals surface area (Å²) in [5.41, 5.74) is 9.57. The molecule has 0 saturated carbocycles. The van der Waals surface area contributed by atoms with Crippen molar-refractivity contribution < 1.29 is 0 Å². The molecule has 0 bridgehead atoms. The van der Waals surface area contributed by atoms with Crippen LogP contribution in [-0.2, 0) is 6.42 Å². The number of anilines is 1. The van der Waals surface area contributed by atoms with Gasteiger partial charge in [-0.25, -0.2) is 4.68 Å². The van der Waals surface area contributed by atoms with Crippen LogP contribution in [0.4, 0.5) is 5.82 Å². The Morgan fingerprint density at radius 3 is 2.19 bits per heavy atom. The molecule has 1 heterocycles. The highest BCUT2D eigenvalue weighted by Crippen LogP contribution is 2.25. The van der Waals surface area contributed by atoms with Crippen molar-refractivity contribution in [2.24, 2.45) is 0 Å². The quantitative estimate of drug-likeness (QED) is 0.791. The van der Waals surface area contributed by atoms with Gasteiger partial charge in [0.05, 0.1) is 11.7 Å². The predicted octanol–water partition coefficient (Wildman–Crippen LogP) is 3.61. The van der Waals surface area contributed by atoms with Crippen LogP contribution in [0.2, 0.25) is 0 Å². The van der Waals surface area contributed by atoms with E-state index < -0.39 is 0 Å². The molecule has 0 fully saturated rings. The molecule has 3 aromatic rings. The highest BCUT2D eigenvalue weighted by molar-refractivity contribution is 5.34. The van der Waals surface area contributed by atoms with Gasteiger partial charge in [0.2, 0.25) is 0 Å². The molecule has 1 atom stereocenters. The van der Waals surface area contributed by atoms with Crippen molar-refractivity contribution in [2.75, 3.05) is 5.73 Å². The summed E-state index contributed by atoms with van der Waals surface area (Å²) in [4.78, 5) is 0. The van der Waals surface area contributed by atoms with Gasteiger partial charge in [-0.3, -0.25) is 0 Å². The molecule has 0 saturated heterocycles.